The van der Waals surface area contributed by atoms with Gasteiger partial charge in [0, 0.05) is 18.5 Å². The van der Waals surface area contributed by atoms with Gasteiger partial charge in [-0.15, -0.1) is 0 Å². The lowest BCUT2D eigenvalue weighted by Gasteiger charge is -2.29. The number of hydrogen-bond donors (Lipinski definition) is 2. The minimum absolute atomic E-state index is 0.317. The summed E-state index contributed by atoms with van der Waals surface area (Å²) in [7, 11) is 1.05. The van der Waals surface area contributed by atoms with Crippen molar-refractivity contribution < 1.29 is 9.90 Å². The summed E-state index contributed by atoms with van der Waals surface area (Å²) in [4.78, 5) is 10.7. The zero-order chi connectivity index (χ0) is 14.4. The Morgan fingerprint density at radius 2 is 2.10 bits per heavy atom. The highest BCUT2D eigenvalue weighted by Gasteiger charge is 2.23. The van der Waals surface area contributed by atoms with Crippen molar-refractivity contribution >= 4 is 13.2 Å². The van der Waals surface area contributed by atoms with Crippen molar-refractivity contribution in [2.24, 2.45) is 5.92 Å². The van der Waals surface area contributed by atoms with E-state index in [9.17, 15) is 4.79 Å². The van der Waals surface area contributed by atoms with Gasteiger partial charge in [-0.2, -0.15) is 0 Å². The normalized spacial score (nSPS) is 21.8. The first-order valence-corrected chi connectivity index (χ1v) is 7.33. The number of carboxylic acid groups (broad SMARTS) is 1. The van der Waals surface area contributed by atoms with Gasteiger partial charge in [-0.25, -0.2) is 0 Å². The minimum atomic E-state index is -0.671. The number of rotatable bonds is 6. The Balaban J connectivity index is 1.72. The maximum Gasteiger partial charge on any atom is 0.303 e. The van der Waals surface area contributed by atoms with E-state index in [0.717, 1.165) is 38.6 Å². The second-order valence-corrected chi connectivity index (χ2v) is 5.73. The summed E-state index contributed by atoms with van der Waals surface area (Å²) in [5.41, 5.74) is 2.32. The molecule has 1 heterocycles. The molecule has 0 amide bonds. The van der Waals surface area contributed by atoms with Gasteiger partial charge in [0.15, 0.2) is 0 Å². The van der Waals surface area contributed by atoms with Gasteiger partial charge in [-0.05, 0) is 30.3 Å². The van der Waals surface area contributed by atoms with Gasteiger partial charge >= 0.3 is 5.97 Å². The maximum absolute atomic E-state index is 10.7. The molecule has 0 radical (unpaired) electrons. The summed E-state index contributed by atoms with van der Waals surface area (Å²) in [6, 6.07) is 10.3. The number of aliphatic carboxylic acids is 1. The van der Waals surface area contributed by atoms with E-state index < -0.39 is 5.97 Å². The zero-order valence-corrected chi connectivity index (χ0v) is 11.8. The van der Waals surface area contributed by atoms with Crippen molar-refractivity contribution in [3.05, 3.63) is 48.2 Å². The second-order valence-electron chi connectivity index (χ2n) is 5.73. The van der Waals surface area contributed by atoms with Gasteiger partial charge in [-0.3, -0.25) is 4.79 Å². The van der Waals surface area contributed by atoms with Gasteiger partial charge in [0.1, 0.15) is 7.28 Å². The number of hydrogen-bond acceptors (Lipinski definition) is 2. The summed E-state index contributed by atoms with van der Waals surface area (Å²) >= 11 is 0. The molecule has 2 N–H and O–H groups in total. The highest BCUT2D eigenvalue weighted by molar-refractivity contribution is 6.38. The van der Waals surface area contributed by atoms with Crippen molar-refractivity contribution in [1.29, 1.82) is 0 Å². The first-order chi connectivity index (χ1) is 9.63. The second kappa shape index (κ2) is 7.18. The van der Waals surface area contributed by atoms with E-state index in [2.05, 4.69) is 24.0 Å². The molecule has 1 aliphatic heterocycles. The third-order valence-corrected chi connectivity index (χ3v) is 3.98. The molecular formula is C16H22BNO2. The third-order valence-electron chi connectivity index (χ3n) is 3.98. The molecular weight excluding hydrogens is 249 g/mol. The molecule has 106 valence electrons. The maximum atomic E-state index is 10.7. The average molecular weight is 271 g/mol. The van der Waals surface area contributed by atoms with Crippen LogP contribution in [0.25, 0.3) is 0 Å². The zero-order valence-electron chi connectivity index (χ0n) is 11.8. The molecule has 1 fully saturated rings. The smallest absolute Gasteiger partial charge is 0.303 e. The predicted octanol–water partition coefficient (Wildman–Crippen LogP) is 2.40. The van der Waals surface area contributed by atoms with Crippen LogP contribution >= 0.6 is 0 Å². The van der Waals surface area contributed by atoms with Crippen LogP contribution < -0.4 is 5.32 Å². The molecule has 0 aromatic heterocycles. The fraction of sp³-hybridized carbons (Fsp3) is 0.438. The van der Waals surface area contributed by atoms with Crippen molar-refractivity contribution in [2.75, 3.05) is 0 Å². The Morgan fingerprint density at radius 3 is 2.70 bits per heavy atom. The van der Waals surface area contributed by atoms with E-state index in [1.807, 2.05) is 18.2 Å². The molecule has 1 aliphatic rings. The molecule has 4 heteroatoms. The van der Waals surface area contributed by atoms with Crippen molar-refractivity contribution in [3.63, 3.8) is 0 Å². The van der Waals surface area contributed by atoms with Crippen molar-refractivity contribution in [3.8, 4) is 0 Å². The topological polar surface area (TPSA) is 49.3 Å². The van der Waals surface area contributed by atoms with Crippen molar-refractivity contribution in [1.82, 2.24) is 5.32 Å². The summed E-state index contributed by atoms with van der Waals surface area (Å²) < 4.78 is 0. The minimum Gasteiger partial charge on any atom is -0.481 e. The molecule has 0 bridgehead atoms. The van der Waals surface area contributed by atoms with E-state index in [-0.39, 0.29) is 0 Å². The van der Waals surface area contributed by atoms with E-state index in [1.165, 1.54) is 5.56 Å². The fourth-order valence-corrected chi connectivity index (χ4v) is 2.94. The first kappa shape index (κ1) is 14.7. The largest absolute Gasteiger partial charge is 0.481 e. The monoisotopic (exact) mass is 271 g/mol. The number of benzene rings is 1. The summed E-state index contributed by atoms with van der Waals surface area (Å²) in [6.45, 7) is 4.11. The van der Waals surface area contributed by atoms with Crippen LogP contribution in [0.2, 0.25) is 6.32 Å². The number of allylic oxidation sites excluding steroid dienone is 1. The van der Waals surface area contributed by atoms with E-state index in [1.54, 1.807) is 0 Å². The van der Waals surface area contributed by atoms with Crippen LogP contribution in [0.1, 0.15) is 24.8 Å². The Hall–Kier alpha value is -1.71. The Kier molecular flexibility index (Phi) is 5.27. The van der Waals surface area contributed by atoms with Crippen LogP contribution in [0, 0.1) is 5.92 Å². The quantitative estimate of drug-likeness (QED) is 0.781. The molecule has 2 atom stereocenters. The van der Waals surface area contributed by atoms with Crippen LogP contribution in [0.3, 0.4) is 0 Å². The highest BCUT2D eigenvalue weighted by Crippen LogP contribution is 2.23. The lowest BCUT2D eigenvalue weighted by Crippen LogP contribution is -2.38. The van der Waals surface area contributed by atoms with Crippen LogP contribution in [0.5, 0.6) is 0 Å². The van der Waals surface area contributed by atoms with Crippen LogP contribution in [0.15, 0.2) is 42.6 Å². The van der Waals surface area contributed by atoms with Crippen LogP contribution in [0.4, 0.5) is 0 Å². The summed E-state index contributed by atoms with van der Waals surface area (Å²) in [6.07, 6.45) is 4.23. The molecule has 1 aromatic rings. The molecule has 1 saturated heterocycles. The Morgan fingerprint density at radius 1 is 1.35 bits per heavy atom. The fourth-order valence-electron chi connectivity index (χ4n) is 2.94. The van der Waals surface area contributed by atoms with Gasteiger partial charge in [0.2, 0.25) is 0 Å². The molecule has 2 unspecified atom stereocenters. The highest BCUT2D eigenvalue weighted by atomic mass is 16.4. The lowest BCUT2D eigenvalue weighted by atomic mass is 9.56. The number of carboxylic acids is 1. The lowest BCUT2D eigenvalue weighted by molar-refractivity contribution is -0.138. The van der Waals surface area contributed by atoms with Crippen molar-refractivity contribution in [2.45, 2.75) is 37.9 Å². The summed E-state index contributed by atoms with van der Waals surface area (Å²) in [5.74, 6) is 0.138. The molecule has 2 rings (SSSR count). The van der Waals surface area contributed by atoms with Gasteiger partial charge in [0.05, 0.1) is 0 Å². The van der Waals surface area contributed by atoms with E-state index in [0.29, 0.717) is 18.3 Å². The molecule has 3 nitrogen and oxygen atoms in total. The summed E-state index contributed by atoms with van der Waals surface area (Å²) in [5, 5.41) is 12.3. The molecule has 20 heavy (non-hydrogen) atoms. The van der Waals surface area contributed by atoms with E-state index >= 15 is 0 Å². The molecule has 0 aliphatic carbocycles. The van der Waals surface area contributed by atoms with Gasteiger partial charge < -0.3 is 10.4 Å². The van der Waals surface area contributed by atoms with E-state index in [4.69, 9.17) is 5.11 Å². The Labute approximate surface area is 121 Å². The first-order valence-electron chi connectivity index (χ1n) is 7.33. The average Bonchev–Trinajstić information content (AvgIpc) is 2.41. The van der Waals surface area contributed by atoms with Crippen LogP contribution in [-0.2, 0) is 11.2 Å². The molecule has 1 aromatic carbocycles. The number of nitrogens with one attached hydrogen (secondary N) is 1. The van der Waals surface area contributed by atoms with Crippen LogP contribution in [-0.4, -0.2) is 24.3 Å². The standard InChI is InChI=1S/C16H22BNO2/c1-12(9-13-5-3-2-4-6-13)18-15-8-7-14(11-17-15)10-16(19)20/h2-6,14-15,17-18H,1,7-11H2,(H,19,20). The van der Waals surface area contributed by atoms with Gasteiger partial charge in [-0.1, -0.05) is 43.2 Å². The number of carbonyl (C=O) groups is 1. The molecule has 0 spiro atoms. The predicted molar refractivity (Wildman–Crippen MR) is 83.1 cm³/mol. The SMILES string of the molecule is C=C(Cc1ccccc1)NC1BCC(CC(=O)O)CC1. The Bertz CT molecular complexity index is 453. The third kappa shape index (κ3) is 4.76. The molecule has 0 saturated carbocycles. The van der Waals surface area contributed by atoms with Gasteiger partial charge in [0.25, 0.3) is 0 Å².